The van der Waals surface area contributed by atoms with Gasteiger partial charge in [-0.25, -0.2) is 4.79 Å². The average Bonchev–Trinajstić information content (AvgIpc) is 3.50. The molecule has 0 spiro atoms. The van der Waals surface area contributed by atoms with Gasteiger partial charge in [-0.05, 0) is 59.1 Å². The summed E-state index contributed by atoms with van der Waals surface area (Å²) in [6.07, 6.45) is 3.02. The van der Waals surface area contributed by atoms with Crippen molar-refractivity contribution >= 4 is 45.7 Å². The summed E-state index contributed by atoms with van der Waals surface area (Å²) >= 11 is 0.884. The number of thioether (sulfide) groups is 1. The molecule has 2 amide bonds. The van der Waals surface area contributed by atoms with Gasteiger partial charge in [0.25, 0.3) is 11.1 Å². The standard InChI is InChI=1S/C27H19NO6S/c29-25-24(17-18-10-12-20(13-11-18)34-26(30)23-9-4-15-32-23)35-27(31)28(25)14-16-33-22-8-3-6-19-5-1-2-7-21(19)22/h1-13,15,17H,14,16H2/b24-17-. The predicted molar refractivity (Wildman–Crippen MR) is 132 cm³/mol. The zero-order valence-electron chi connectivity index (χ0n) is 18.4. The minimum Gasteiger partial charge on any atom is -0.491 e. The molecule has 2 heterocycles. The second-order valence-corrected chi connectivity index (χ2v) is 8.59. The summed E-state index contributed by atoms with van der Waals surface area (Å²) in [5.74, 6) is 0.178. The Hall–Kier alpha value is -4.30. The number of esters is 1. The topological polar surface area (TPSA) is 86.0 Å². The number of carbonyl (C=O) groups is 3. The smallest absolute Gasteiger partial charge is 0.379 e. The largest absolute Gasteiger partial charge is 0.491 e. The zero-order chi connectivity index (χ0) is 24.2. The van der Waals surface area contributed by atoms with Crippen molar-refractivity contribution in [3.05, 3.63) is 101 Å². The molecular weight excluding hydrogens is 466 g/mol. The molecule has 1 aromatic heterocycles. The Morgan fingerprint density at radius 2 is 1.74 bits per heavy atom. The van der Waals surface area contributed by atoms with Gasteiger partial charge in [-0.2, -0.15) is 0 Å². The Kier molecular flexibility index (Phi) is 6.36. The molecule has 0 saturated carbocycles. The molecule has 0 unspecified atom stereocenters. The van der Waals surface area contributed by atoms with E-state index in [2.05, 4.69) is 0 Å². The van der Waals surface area contributed by atoms with E-state index in [0.29, 0.717) is 22.0 Å². The van der Waals surface area contributed by atoms with E-state index in [4.69, 9.17) is 13.9 Å². The second-order valence-electron chi connectivity index (χ2n) is 7.59. The molecule has 5 rings (SSSR count). The van der Waals surface area contributed by atoms with E-state index in [9.17, 15) is 14.4 Å². The first-order chi connectivity index (χ1) is 17.1. The van der Waals surface area contributed by atoms with E-state index in [1.807, 2.05) is 42.5 Å². The van der Waals surface area contributed by atoms with Gasteiger partial charge in [-0.3, -0.25) is 14.5 Å². The normalized spacial score (nSPS) is 14.6. The lowest BCUT2D eigenvalue weighted by Crippen LogP contribution is -2.32. The van der Waals surface area contributed by atoms with E-state index < -0.39 is 5.97 Å². The number of furan rings is 1. The number of ether oxygens (including phenoxy) is 2. The Bertz CT molecular complexity index is 1420. The summed E-state index contributed by atoms with van der Waals surface area (Å²) in [6.45, 7) is 0.335. The van der Waals surface area contributed by atoms with Gasteiger partial charge in [0.1, 0.15) is 18.1 Å². The van der Waals surface area contributed by atoms with E-state index in [-0.39, 0.29) is 30.1 Å². The van der Waals surface area contributed by atoms with Crippen LogP contribution in [0.4, 0.5) is 4.79 Å². The average molecular weight is 486 g/mol. The van der Waals surface area contributed by atoms with Crippen LogP contribution in [-0.4, -0.2) is 35.2 Å². The van der Waals surface area contributed by atoms with Crippen molar-refractivity contribution in [2.75, 3.05) is 13.2 Å². The van der Waals surface area contributed by atoms with Crippen LogP contribution in [0.3, 0.4) is 0 Å². The highest BCUT2D eigenvalue weighted by Gasteiger charge is 2.34. The van der Waals surface area contributed by atoms with Gasteiger partial charge in [0, 0.05) is 5.39 Å². The fourth-order valence-corrected chi connectivity index (χ4v) is 4.46. The summed E-state index contributed by atoms with van der Waals surface area (Å²) in [4.78, 5) is 38.7. The quantitative estimate of drug-likeness (QED) is 0.187. The van der Waals surface area contributed by atoms with Gasteiger partial charge >= 0.3 is 5.97 Å². The highest BCUT2D eigenvalue weighted by molar-refractivity contribution is 8.18. The third-order valence-electron chi connectivity index (χ3n) is 5.31. The van der Waals surface area contributed by atoms with Gasteiger partial charge in [0.15, 0.2) is 0 Å². The van der Waals surface area contributed by atoms with Crippen LogP contribution in [0.2, 0.25) is 0 Å². The van der Waals surface area contributed by atoms with Gasteiger partial charge in [-0.15, -0.1) is 0 Å². The number of benzene rings is 3. The maximum absolute atomic E-state index is 12.8. The first-order valence-electron chi connectivity index (χ1n) is 10.8. The molecule has 1 fully saturated rings. The molecule has 0 aliphatic carbocycles. The molecule has 0 atom stereocenters. The lowest BCUT2D eigenvalue weighted by atomic mass is 10.1. The van der Waals surface area contributed by atoms with Crippen molar-refractivity contribution in [3.8, 4) is 11.5 Å². The van der Waals surface area contributed by atoms with Crippen LogP contribution in [0.1, 0.15) is 16.1 Å². The van der Waals surface area contributed by atoms with E-state index in [0.717, 1.165) is 22.5 Å². The van der Waals surface area contributed by atoms with Gasteiger partial charge in [-0.1, -0.05) is 48.5 Å². The molecular formula is C27H19NO6S. The number of carbonyl (C=O) groups excluding carboxylic acids is 3. The second kappa shape index (κ2) is 9.90. The van der Waals surface area contributed by atoms with Crippen molar-refractivity contribution in [1.29, 1.82) is 0 Å². The Morgan fingerprint density at radius 3 is 2.54 bits per heavy atom. The molecule has 4 aromatic rings. The van der Waals surface area contributed by atoms with Crippen LogP contribution in [0.25, 0.3) is 16.8 Å². The minimum atomic E-state index is -0.602. The van der Waals surface area contributed by atoms with Crippen LogP contribution in [0, 0.1) is 0 Å². The molecule has 1 aliphatic rings. The number of nitrogens with zero attached hydrogens (tertiary/aromatic N) is 1. The summed E-state index contributed by atoms with van der Waals surface area (Å²) in [5.41, 5.74) is 0.695. The first-order valence-corrected chi connectivity index (χ1v) is 11.6. The molecule has 3 aromatic carbocycles. The number of imide groups is 1. The van der Waals surface area contributed by atoms with Crippen molar-refractivity contribution in [3.63, 3.8) is 0 Å². The van der Waals surface area contributed by atoms with Crippen molar-refractivity contribution < 1.29 is 28.3 Å². The third-order valence-corrected chi connectivity index (χ3v) is 6.21. The van der Waals surface area contributed by atoms with Crippen molar-refractivity contribution in [2.45, 2.75) is 0 Å². The molecule has 35 heavy (non-hydrogen) atoms. The minimum absolute atomic E-state index is 0.104. The number of hydrogen-bond donors (Lipinski definition) is 0. The Labute approximate surface area is 204 Å². The monoisotopic (exact) mass is 485 g/mol. The number of rotatable bonds is 7. The van der Waals surface area contributed by atoms with Crippen LogP contribution in [0.5, 0.6) is 11.5 Å². The highest BCUT2D eigenvalue weighted by atomic mass is 32.2. The summed E-state index contributed by atoms with van der Waals surface area (Å²) in [6, 6.07) is 23.4. The van der Waals surface area contributed by atoms with Crippen LogP contribution in [-0.2, 0) is 4.79 Å². The summed E-state index contributed by atoms with van der Waals surface area (Å²) in [7, 11) is 0. The molecule has 0 N–H and O–H groups in total. The van der Waals surface area contributed by atoms with Crippen molar-refractivity contribution in [2.24, 2.45) is 0 Å². The lowest BCUT2D eigenvalue weighted by Gasteiger charge is -2.14. The molecule has 174 valence electrons. The number of amides is 2. The molecule has 7 nitrogen and oxygen atoms in total. The van der Waals surface area contributed by atoms with Crippen molar-refractivity contribution in [1.82, 2.24) is 4.90 Å². The van der Waals surface area contributed by atoms with E-state index in [1.54, 1.807) is 36.4 Å². The maximum Gasteiger partial charge on any atom is 0.379 e. The van der Waals surface area contributed by atoms with Gasteiger partial charge in [0.05, 0.1) is 17.7 Å². The number of fused-ring (bicyclic) bond motifs is 1. The Morgan fingerprint density at radius 1 is 0.943 bits per heavy atom. The third kappa shape index (κ3) is 4.97. The number of hydrogen-bond acceptors (Lipinski definition) is 7. The summed E-state index contributed by atoms with van der Waals surface area (Å²) < 4.78 is 16.1. The molecule has 1 saturated heterocycles. The molecule has 1 aliphatic heterocycles. The maximum atomic E-state index is 12.8. The lowest BCUT2D eigenvalue weighted by molar-refractivity contribution is -0.123. The first kappa shape index (κ1) is 22.5. The van der Waals surface area contributed by atoms with E-state index >= 15 is 0 Å². The predicted octanol–water partition coefficient (Wildman–Crippen LogP) is 5.77. The van der Waals surface area contributed by atoms with Gasteiger partial charge < -0.3 is 13.9 Å². The fourth-order valence-electron chi connectivity index (χ4n) is 3.60. The van der Waals surface area contributed by atoms with Crippen LogP contribution in [0.15, 0.2) is 94.4 Å². The fraction of sp³-hybridized carbons (Fsp3) is 0.0741. The summed E-state index contributed by atoms with van der Waals surface area (Å²) in [5, 5.41) is 1.69. The zero-order valence-corrected chi connectivity index (χ0v) is 19.2. The molecule has 8 heteroatoms. The van der Waals surface area contributed by atoms with Crippen LogP contribution >= 0.6 is 11.8 Å². The Balaban J connectivity index is 1.20. The SMILES string of the molecule is O=C(Oc1ccc(/C=C2\SC(=O)N(CCOc3cccc4ccccc34)C2=O)cc1)c1ccco1. The highest BCUT2D eigenvalue weighted by Crippen LogP contribution is 2.32. The van der Waals surface area contributed by atoms with Crippen LogP contribution < -0.4 is 9.47 Å². The molecule has 0 bridgehead atoms. The van der Waals surface area contributed by atoms with Gasteiger partial charge in [0.2, 0.25) is 5.76 Å². The van der Waals surface area contributed by atoms with E-state index in [1.165, 1.54) is 17.2 Å². The molecule has 0 radical (unpaired) electrons.